The molecule has 2 rings (SSSR count). The van der Waals surface area contributed by atoms with Gasteiger partial charge >= 0.3 is 0 Å². The Labute approximate surface area is 108 Å². The van der Waals surface area contributed by atoms with Gasteiger partial charge in [-0.2, -0.15) is 0 Å². The first-order chi connectivity index (χ1) is 9.08. The van der Waals surface area contributed by atoms with Crippen molar-refractivity contribution in [3.05, 3.63) is 33.9 Å². The van der Waals surface area contributed by atoms with E-state index in [1.165, 1.54) is 0 Å². The Bertz CT molecular complexity index is 453. The Morgan fingerprint density at radius 2 is 2.05 bits per heavy atom. The van der Waals surface area contributed by atoms with E-state index < -0.39 is 28.0 Å². The van der Waals surface area contributed by atoms with Gasteiger partial charge in [-0.25, -0.2) is 8.78 Å². The van der Waals surface area contributed by atoms with E-state index in [1.807, 2.05) is 0 Å². The average Bonchev–Trinajstić information content (AvgIpc) is 2.38. The Morgan fingerprint density at radius 3 is 2.58 bits per heavy atom. The number of ether oxygens (including phenoxy) is 1. The van der Waals surface area contributed by atoms with Crippen molar-refractivity contribution in [2.75, 3.05) is 13.2 Å². The monoisotopic (exact) mass is 272 g/mol. The Hall–Kier alpha value is -1.76. The molecule has 1 aliphatic rings. The number of non-ortho nitro benzene ring substituents is 1. The maximum Gasteiger partial charge on any atom is 0.275 e. The molecule has 1 atom stereocenters. The highest BCUT2D eigenvalue weighted by Gasteiger charge is 2.20. The van der Waals surface area contributed by atoms with Gasteiger partial charge in [0.05, 0.1) is 17.1 Å². The number of halogens is 2. The minimum Gasteiger partial charge on any atom is -0.486 e. The van der Waals surface area contributed by atoms with Crippen molar-refractivity contribution in [2.24, 2.45) is 0 Å². The van der Waals surface area contributed by atoms with E-state index >= 15 is 0 Å². The summed E-state index contributed by atoms with van der Waals surface area (Å²) in [5.41, 5.74) is -0.627. The molecule has 0 aliphatic carbocycles. The van der Waals surface area contributed by atoms with Crippen LogP contribution in [0.2, 0.25) is 0 Å². The second-order valence-corrected chi connectivity index (χ2v) is 4.45. The van der Waals surface area contributed by atoms with Crippen molar-refractivity contribution >= 4 is 5.69 Å². The first-order valence-electron chi connectivity index (χ1n) is 6.07. The van der Waals surface area contributed by atoms with Gasteiger partial charge in [-0.15, -0.1) is 0 Å². The van der Waals surface area contributed by atoms with Gasteiger partial charge in [-0.3, -0.25) is 10.1 Å². The van der Waals surface area contributed by atoms with Crippen molar-refractivity contribution in [3.8, 4) is 5.75 Å². The standard InChI is InChI=1S/C12H14F2N2O3/c13-10-5-9(16(17)18)6-11(14)12(10)19-7-8-3-1-2-4-15-8/h5-6,8,15H,1-4,7H2. The van der Waals surface area contributed by atoms with E-state index in [2.05, 4.69) is 5.32 Å². The van der Waals surface area contributed by atoms with Crippen LogP contribution in [0.25, 0.3) is 0 Å². The Morgan fingerprint density at radius 1 is 1.37 bits per heavy atom. The fourth-order valence-electron chi connectivity index (χ4n) is 2.04. The summed E-state index contributed by atoms with van der Waals surface area (Å²) in [6.45, 7) is 1.00. The lowest BCUT2D eigenvalue weighted by atomic mass is 10.1. The van der Waals surface area contributed by atoms with Crippen LogP contribution in [0.4, 0.5) is 14.5 Å². The lowest BCUT2D eigenvalue weighted by Gasteiger charge is -2.23. The first-order valence-corrected chi connectivity index (χ1v) is 6.07. The maximum absolute atomic E-state index is 13.5. The molecule has 1 fully saturated rings. The smallest absolute Gasteiger partial charge is 0.275 e. The molecule has 0 spiro atoms. The van der Waals surface area contributed by atoms with Crippen LogP contribution in [0.15, 0.2) is 12.1 Å². The highest BCUT2D eigenvalue weighted by molar-refractivity contribution is 5.39. The molecule has 104 valence electrons. The summed E-state index contributed by atoms with van der Waals surface area (Å²) in [6, 6.07) is 1.38. The molecule has 1 unspecified atom stereocenters. The van der Waals surface area contributed by atoms with Crippen LogP contribution in [-0.2, 0) is 0 Å². The Kier molecular flexibility index (Phi) is 4.26. The quantitative estimate of drug-likeness (QED) is 0.675. The predicted octanol–water partition coefficient (Wildman–Crippen LogP) is 2.39. The third-order valence-electron chi connectivity index (χ3n) is 3.04. The molecule has 1 saturated heterocycles. The van der Waals surface area contributed by atoms with E-state index in [4.69, 9.17) is 4.74 Å². The number of piperidine rings is 1. The molecular weight excluding hydrogens is 258 g/mol. The average molecular weight is 272 g/mol. The van der Waals surface area contributed by atoms with Gasteiger partial charge < -0.3 is 10.1 Å². The lowest BCUT2D eigenvalue weighted by Crippen LogP contribution is -2.38. The summed E-state index contributed by atoms with van der Waals surface area (Å²) in [6.07, 6.45) is 3.01. The van der Waals surface area contributed by atoms with Gasteiger partial charge in [-0.05, 0) is 19.4 Å². The molecule has 0 aromatic heterocycles. The molecular formula is C12H14F2N2O3. The summed E-state index contributed by atoms with van der Waals surface area (Å²) in [5, 5.41) is 13.6. The number of benzene rings is 1. The lowest BCUT2D eigenvalue weighted by molar-refractivity contribution is -0.385. The van der Waals surface area contributed by atoms with Crippen LogP contribution in [0.3, 0.4) is 0 Å². The third-order valence-corrected chi connectivity index (χ3v) is 3.04. The van der Waals surface area contributed by atoms with Crippen molar-refractivity contribution in [2.45, 2.75) is 25.3 Å². The zero-order valence-electron chi connectivity index (χ0n) is 10.2. The van der Waals surface area contributed by atoms with Gasteiger partial charge in [0.25, 0.3) is 5.69 Å². The number of nitro benzene ring substituents is 1. The highest BCUT2D eigenvalue weighted by Crippen LogP contribution is 2.27. The van der Waals surface area contributed by atoms with Gasteiger partial charge in [0.15, 0.2) is 17.4 Å². The number of nitro groups is 1. The number of rotatable bonds is 4. The number of nitrogens with zero attached hydrogens (tertiary/aromatic N) is 1. The Balaban J connectivity index is 2.05. The number of hydrogen-bond donors (Lipinski definition) is 1. The molecule has 1 aliphatic heterocycles. The molecule has 1 N–H and O–H groups in total. The van der Waals surface area contributed by atoms with E-state index in [0.29, 0.717) is 12.1 Å². The molecule has 19 heavy (non-hydrogen) atoms. The molecule has 0 saturated carbocycles. The minimum atomic E-state index is -1.05. The molecule has 1 heterocycles. The van der Waals surface area contributed by atoms with Crippen molar-refractivity contribution in [1.29, 1.82) is 0 Å². The van der Waals surface area contributed by atoms with E-state index in [-0.39, 0.29) is 12.6 Å². The number of hydrogen-bond acceptors (Lipinski definition) is 4. The van der Waals surface area contributed by atoms with Crippen LogP contribution in [0, 0.1) is 21.7 Å². The fourth-order valence-corrected chi connectivity index (χ4v) is 2.04. The normalized spacial score (nSPS) is 19.2. The molecule has 1 aromatic rings. The van der Waals surface area contributed by atoms with Crippen LogP contribution < -0.4 is 10.1 Å². The fraction of sp³-hybridized carbons (Fsp3) is 0.500. The molecule has 0 radical (unpaired) electrons. The van der Waals surface area contributed by atoms with Crippen LogP contribution >= 0.6 is 0 Å². The molecule has 1 aromatic carbocycles. The van der Waals surface area contributed by atoms with E-state index in [0.717, 1.165) is 25.8 Å². The van der Waals surface area contributed by atoms with Gasteiger partial charge in [0.1, 0.15) is 6.61 Å². The maximum atomic E-state index is 13.5. The summed E-state index contributed by atoms with van der Waals surface area (Å²) >= 11 is 0. The van der Waals surface area contributed by atoms with Crippen LogP contribution in [0.1, 0.15) is 19.3 Å². The van der Waals surface area contributed by atoms with Gasteiger partial charge in [0.2, 0.25) is 0 Å². The predicted molar refractivity (Wildman–Crippen MR) is 64.1 cm³/mol. The van der Waals surface area contributed by atoms with E-state index in [1.54, 1.807) is 0 Å². The van der Waals surface area contributed by atoms with Gasteiger partial charge in [-0.1, -0.05) is 6.42 Å². The topological polar surface area (TPSA) is 64.4 Å². The number of nitrogens with one attached hydrogen (secondary N) is 1. The summed E-state index contributed by atoms with van der Waals surface area (Å²) in [5.74, 6) is -2.66. The first kappa shape index (κ1) is 13.7. The van der Waals surface area contributed by atoms with Crippen LogP contribution in [0.5, 0.6) is 5.75 Å². The second kappa shape index (κ2) is 5.92. The van der Waals surface area contributed by atoms with Crippen molar-refractivity contribution in [1.82, 2.24) is 5.32 Å². The summed E-state index contributed by atoms with van der Waals surface area (Å²) in [4.78, 5) is 9.59. The molecule has 0 bridgehead atoms. The second-order valence-electron chi connectivity index (χ2n) is 4.45. The third kappa shape index (κ3) is 3.37. The molecule has 5 nitrogen and oxygen atoms in total. The van der Waals surface area contributed by atoms with E-state index in [9.17, 15) is 18.9 Å². The van der Waals surface area contributed by atoms with Crippen molar-refractivity contribution in [3.63, 3.8) is 0 Å². The van der Waals surface area contributed by atoms with Crippen molar-refractivity contribution < 1.29 is 18.4 Å². The zero-order chi connectivity index (χ0) is 13.8. The SMILES string of the molecule is O=[N+]([O-])c1cc(F)c(OCC2CCCCN2)c(F)c1. The van der Waals surface area contributed by atoms with Crippen LogP contribution in [-0.4, -0.2) is 24.1 Å². The zero-order valence-corrected chi connectivity index (χ0v) is 10.2. The van der Waals surface area contributed by atoms with Gasteiger partial charge in [0, 0.05) is 6.04 Å². The molecule has 0 amide bonds. The summed E-state index contributed by atoms with van der Waals surface area (Å²) < 4.78 is 32.2. The highest BCUT2D eigenvalue weighted by atomic mass is 19.1. The molecule has 7 heteroatoms. The summed E-state index contributed by atoms with van der Waals surface area (Å²) in [7, 11) is 0. The largest absolute Gasteiger partial charge is 0.486 e. The minimum absolute atomic E-state index is 0.0581.